The Hall–Kier alpha value is -0.220. The molecule has 0 saturated carbocycles. The number of halogens is 2. The van der Waals surface area contributed by atoms with Crippen molar-refractivity contribution in [3.05, 3.63) is 0 Å². The smallest absolute Gasteiger partial charge is 0.251 e. The van der Waals surface area contributed by atoms with Crippen molar-refractivity contribution in [3.63, 3.8) is 0 Å². The molecule has 0 atom stereocenters. The maximum atomic E-state index is 11.6. The van der Waals surface area contributed by atoms with Gasteiger partial charge in [0.1, 0.15) is 0 Å². The van der Waals surface area contributed by atoms with Gasteiger partial charge < -0.3 is 5.11 Å². The van der Waals surface area contributed by atoms with E-state index in [4.69, 9.17) is 5.11 Å². The molecule has 1 rings (SSSR count). The predicted octanol–water partition coefficient (Wildman–Crippen LogP) is 0.956. The molecule has 1 N–H and O–H groups in total. The molecular weight excluding hydrogens is 152 g/mol. The first-order valence-corrected chi connectivity index (χ1v) is 3.74. The summed E-state index contributed by atoms with van der Waals surface area (Å²) in [6, 6.07) is 0. The van der Waals surface area contributed by atoms with Crippen LogP contribution in [0.1, 0.15) is 12.8 Å². The van der Waals surface area contributed by atoms with Gasteiger partial charge in [-0.05, 0) is 25.9 Å². The van der Waals surface area contributed by atoms with Crippen molar-refractivity contribution < 1.29 is 13.9 Å². The lowest BCUT2D eigenvalue weighted by molar-refractivity contribution is 0.0997. The minimum Gasteiger partial charge on any atom is -0.400 e. The number of aliphatic hydroxyl groups is 1. The van der Waals surface area contributed by atoms with Crippen LogP contribution in [0.5, 0.6) is 0 Å². The lowest BCUT2D eigenvalue weighted by Gasteiger charge is -2.12. The van der Waals surface area contributed by atoms with Gasteiger partial charge in [0, 0.05) is 7.11 Å². The molecule has 1 aliphatic heterocycles. The molecule has 1 heterocycles. The summed E-state index contributed by atoms with van der Waals surface area (Å²) in [6.45, 7) is 1.70. The number of hydrogen-bond acceptors (Lipinski definition) is 2. The van der Waals surface area contributed by atoms with E-state index in [-0.39, 0.29) is 6.54 Å². The third kappa shape index (κ3) is 5.09. The van der Waals surface area contributed by atoms with Gasteiger partial charge in [0.15, 0.2) is 0 Å². The molecule has 0 aromatic carbocycles. The van der Waals surface area contributed by atoms with E-state index in [1.165, 1.54) is 0 Å². The Bertz CT molecular complexity index is 84.5. The summed E-state index contributed by atoms with van der Waals surface area (Å²) in [5.74, 6) is 0. The second-order valence-corrected chi connectivity index (χ2v) is 2.40. The highest BCUT2D eigenvalue weighted by molar-refractivity contribution is 4.66. The molecule has 11 heavy (non-hydrogen) atoms. The summed E-state index contributed by atoms with van der Waals surface area (Å²) in [4.78, 5) is 1.81. The second-order valence-electron chi connectivity index (χ2n) is 2.40. The van der Waals surface area contributed by atoms with Gasteiger partial charge in [0.2, 0.25) is 0 Å². The largest absolute Gasteiger partial charge is 0.400 e. The quantitative estimate of drug-likeness (QED) is 0.662. The van der Waals surface area contributed by atoms with Gasteiger partial charge in [-0.25, -0.2) is 8.78 Å². The Kier molecular flexibility index (Phi) is 6.36. The van der Waals surface area contributed by atoms with Crippen LogP contribution >= 0.6 is 0 Å². The molecule has 1 fully saturated rings. The first kappa shape index (κ1) is 10.8. The molecule has 0 aromatic rings. The number of nitrogens with zero attached hydrogens (tertiary/aromatic N) is 1. The molecule has 0 amide bonds. The Morgan fingerprint density at radius 3 is 2.09 bits per heavy atom. The number of rotatable bonds is 2. The van der Waals surface area contributed by atoms with E-state index in [1.54, 1.807) is 0 Å². The maximum absolute atomic E-state index is 11.6. The fraction of sp³-hybridized carbons (Fsp3) is 1.00. The van der Waals surface area contributed by atoms with Crippen molar-refractivity contribution in [1.29, 1.82) is 0 Å². The molecule has 0 spiro atoms. The van der Waals surface area contributed by atoms with Gasteiger partial charge in [-0.15, -0.1) is 0 Å². The van der Waals surface area contributed by atoms with Crippen LogP contribution in [0.2, 0.25) is 0 Å². The number of hydrogen-bond donors (Lipinski definition) is 1. The highest BCUT2D eigenvalue weighted by Crippen LogP contribution is 2.08. The fourth-order valence-electron chi connectivity index (χ4n) is 1.16. The summed E-state index contributed by atoms with van der Waals surface area (Å²) in [5.41, 5.74) is 0. The Morgan fingerprint density at radius 2 is 1.73 bits per heavy atom. The van der Waals surface area contributed by atoms with Gasteiger partial charge in [-0.1, -0.05) is 0 Å². The zero-order valence-electron chi connectivity index (χ0n) is 6.76. The van der Waals surface area contributed by atoms with E-state index in [0.717, 1.165) is 33.0 Å². The van der Waals surface area contributed by atoms with Gasteiger partial charge in [-0.3, -0.25) is 4.90 Å². The molecule has 1 saturated heterocycles. The maximum Gasteiger partial charge on any atom is 0.251 e. The Balaban J connectivity index is 0.000000461. The van der Waals surface area contributed by atoms with Gasteiger partial charge in [-0.2, -0.15) is 0 Å². The molecule has 2 nitrogen and oxygen atoms in total. The van der Waals surface area contributed by atoms with Crippen LogP contribution in [0.4, 0.5) is 8.78 Å². The van der Waals surface area contributed by atoms with Crippen molar-refractivity contribution in [2.24, 2.45) is 0 Å². The first-order valence-electron chi connectivity index (χ1n) is 3.74. The van der Waals surface area contributed by atoms with E-state index >= 15 is 0 Å². The fourth-order valence-corrected chi connectivity index (χ4v) is 1.16. The van der Waals surface area contributed by atoms with Crippen molar-refractivity contribution in [2.75, 3.05) is 26.7 Å². The molecule has 0 bridgehead atoms. The predicted molar refractivity (Wildman–Crippen MR) is 39.8 cm³/mol. The highest BCUT2D eigenvalue weighted by atomic mass is 19.3. The second kappa shape index (κ2) is 6.49. The molecule has 0 aliphatic carbocycles. The Morgan fingerprint density at radius 1 is 1.27 bits per heavy atom. The molecule has 1 aliphatic rings. The third-order valence-corrected chi connectivity index (χ3v) is 1.59. The van der Waals surface area contributed by atoms with Crippen LogP contribution in [-0.2, 0) is 0 Å². The summed E-state index contributed by atoms with van der Waals surface area (Å²) < 4.78 is 23.3. The normalized spacial score (nSPS) is 18.3. The zero-order valence-corrected chi connectivity index (χ0v) is 6.76. The summed E-state index contributed by atoms with van der Waals surface area (Å²) >= 11 is 0. The monoisotopic (exact) mass is 167 g/mol. The van der Waals surface area contributed by atoms with Crippen LogP contribution in [0.25, 0.3) is 0 Å². The minimum atomic E-state index is -2.15. The van der Waals surface area contributed by atoms with E-state index in [1.807, 2.05) is 4.90 Å². The molecular formula is C7H15F2NO. The van der Waals surface area contributed by atoms with Crippen LogP contribution in [0.15, 0.2) is 0 Å². The SMILES string of the molecule is CO.FC(F)CN1CCCC1. The number of likely N-dealkylation sites (tertiary alicyclic amines) is 1. The topological polar surface area (TPSA) is 23.5 Å². The Labute approximate surface area is 65.8 Å². The average molecular weight is 167 g/mol. The molecule has 0 unspecified atom stereocenters. The number of alkyl halides is 2. The summed E-state index contributed by atoms with van der Waals surface area (Å²) in [7, 11) is 1.00. The van der Waals surface area contributed by atoms with Crippen LogP contribution in [0.3, 0.4) is 0 Å². The van der Waals surface area contributed by atoms with E-state index in [9.17, 15) is 8.78 Å². The molecule has 68 valence electrons. The highest BCUT2D eigenvalue weighted by Gasteiger charge is 2.15. The third-order valence-electron chi connectivity index (χ3n) is 1.59. The van der Waals surface area contributed by atoms with E-state index < -0.39 is 6.43 Å². The average Bonchev–Trinajstić information content (AvgIpc) is 2.43. The van der Waals surface area contributed by atoms with E-state index in [2.05, 4.69) is 0 Å². The lowest BCUT2D eigenvalue weighted by Crippen LogP contribution is -2.25. The van der Waals surface area contributed by atoms with Gasteiger partial charge in [0.05, 0.1) is 6.54 Å². The molecule has 0 aromatic heterocycles. The van der Waals surface area contributed by atoms with E-state index in [0.29, 0.717) is 0 Å². The number of aliphatic hydroxyl groups excluding tert-OH is 1. The van der Waals surface area contributed by atoms with Crippen molar-refractivity contribution in [3.8, 4) is 0 Å². The first-order chi connectivity index (χ1) is 5.29. The van der Waals surface area contributed by atoms with Crippen LogP contribution in [-0.4, -0.2) is 43.2 Å². The minimum absolute atomic E-state index is 0.0278. The van der Waals surface area contributed by atoms with Crippen molar-refractivity contribution in [1.82, 2.24) is 4.90 Å². The summed E-state index contributed by atoms with van der Waals surface area (Å²) in [6.07, 6.45) is 0.0301. The summed E-state index contributed by atoms with van der Waals surface area (Å²) in [5, 5.41) is 7.00. The lowest BCUT2D eigenvalue weighted by atomic mass is 10.4. The van der Waals surface area contributed by atoms with Crippen molar-refractivity contribution >= 4 is 0 Å². The molecule has 4 heteroatoms. The molecule has 0 radical (unpaired) electrons. The van der Waals surface area contributed by atoms with Crippen LogP contribution in [0, 0.1) is 0 Å². The van der Waals surface area contributed by atoms with Gasteiger partial charge >= 0.3 is 0 Å². The van der Waals surface area contributed by atoms with Crippen molar-refractivity contribution in [2.45, 2.75) is 19.3 Å². The van der Waals surface area contributed by atoms with Crippen LogP contribution < -0.4 is 0 Å². The zero-order chi connectivity index (χ0) is 8.69. The van der Waals surface area contributed by atoms with Gasteiger partial charge in [0.25, 0.3) is 6.43 Å². The standard InChI is InChI=1S/C6H11F2N.CH4O/c7-6(8)5-9-3-1-2-4-9;1-2/h6H,1-5H2;2H,1H3.